The Kier molecular flexibility index (Phi) is 3.10. The third kappa shape index (κ3) is 1.67. The highest BCUT2D eigenvalue weighted by Crippen LogP contribution is 2.55. The molecule has 1 aromatic carbocycles. The van der Waals surface area contributed by atoms with Crippen LogP contribution in [0, 0.1) is 11.3 Å². The highest BCUT2D eigenvalue weighted by Gasteiger charge is 2.60. The topological polar surface area (TPSA) is 117 Å². The highest BCUT2D eigenvalue weighted by atomic mass is 16.5. The van der Waals surface area contributed by atoms with Crippen LogP contribution < -0.4 is 15.4 Å². The fourth-order valence-electron chi connectivity index (χ4n) is 3.72. The number of H-pyrrole nitrogens is 1. The smallest absolute Gasteiger partial charge is 0.247 e. The number of amides is 1. The number of benzene rings is 1. The molecule has 0 bridgehead atoms. The zero-order valence-electron chi connectivity index (χ0n) is 13.7. The summed E-state index contributed by atoms with van der Waals surface area (Å²) in [6, 6.07) is 9.39. The summed E-state index contributed by atoms with van der Waals surface area (Å²) in [5.74, 6) is -0.220. The first-order chi connectivity index (χ1) is 12.1. The first-order valence-corrected chi connectivity index (χ1v) is 7.59. The molecule has 1 amide bonds. The van der Waals surface area contributed by atoms with Gasteiger partial charge in [-0.3, -0.25) is 9.89 Å². The summed E-state index contributed by atoms with van der Waals surface area (Å²) in [6.07, 6.45) is 0. The molecule has 25 heavy (non-hydrogen) atoms. The number of anilines is 1. The quantitative estimate of drug-likeness (QED) is 0.841. The van der Waals surface area contributed by atoms with Crippen LogP contribution in [0.4, 0.5) is 5.69 Å². The van der Waals surface area contributed by atoms with Crippen LogP contribution in [-0.2, 0) is 21.6 Å². The number of fused-ring (bicyclic) bond motifs is 4. The highest BCUT2D eigenvalue weighted by molar-refractivity contribution is 6.14. The average Bonchev–Trinajstić information content (AvgIpc) is 3.10. The van der Waals surface area contributed by atoms with E-state index in [2.05, 4.69) is 16.3 Å². The minimum absolute atomic E-state index is 0.0561. The zero-order valence-corrected chi connectivity index (χ0v) is 13.7. The summed E-state index contributed by atoms with van der Waals surface area (Å²) >= 11 is 0. The number of aromatic nitrogens is 2. The molecule has 126 valence electrons. The van der Waals surface area contributed by atoms with Crippen molar-refractivity contribution >= 4 is 11.6 Å². The third-order valence-corrected chi connectivity index (χ3v) is 4.71. The number of nitrogens with one attached hydrogen (secondary N) is 1. The van der Waals surface area contributed by atoms with Crippen molar-refractivity contribution in [1.29, 1.82) is 5.26 Å². The molecule has 1 spiro atoms. The number of hydrogen-bond donors (Lipinski definition) is 2. The normalized spacial score (nSPS) is 21.2. The Bertz CT molecular complexity index is 971. The molecule has 0 aliphatic carbocycles. The molecule has 8 nitrogen and oxygen atoms in total. The predicted molar refractivity (Wildman–Crippen MR) is 87.4 cm³/mol. The lowest BCUT2D eigenvalue weighted by Gasteiger charge is -2.32. The molecule has 2 aromatic rings. The van der Waals surface area contributed by atoms with E-state index >= 15 is 0 Å². The second-order valence-electron chi connectivity index (χ2n) is 5.90. The minimum Gasteiger partial charge on any atom is -0.420 e. The summed E-state index contributed by atoms with van der Waals surface area (Å²) in [4.78, 5) is 14.9. The number of carbonyl (C=O) groups excluding carboxylic acids is 1. The Balaban J connectivity index is 2.15. The van der Waals surface area contributed by atoms with Crippen LogP contribution in [0.2, 0.25) is 0 Å². The first-order valence-electron chi connectivity index (χ1n) is 7.59. The van der Waals surface area contributed by atoms with E-state index in [1.807, 2.05) is 24.3 Å². The number of para-hydroxylation sites is 1. The van der Waals surface area contributed by atoms with Crippen LogP contribution in [0.5, 0.6) is 5.88 Å². The van der Waals surface area contributed by atoms with Gasteiger partial charge in [0.1, 0.15) is 17.1 Å². The van der Waals surface area contributed by atoms with Gasteiger partial charge in [-0.05, 0) is 6.07 Å². The van der Waals surface area contributed by atoms with E-state index in [4.69, 9.17) is 15.2 Å². The van der Waals surface area contributed by atoms with Gasteiger partial charge in [0.2, 0.25) is 17.7 Å². The largest absolute Gasteiger partial charge is 0.420 e. The van der Waals surface area contributed by atoms with E-state index in [-0.39, 0.29) is 29.9 Å². The Morgan fingerprint density at radius 2 is 2.24 bits per heavy atom. The van der Waals surface area contributed by atoms with Crippen molar-refractivity contribution in [3.63, 3.8) is 0 Å². The Labute approximate surface area is 143 Å². The Morgan fingerprint density at radius 1 is 1.48 bits per heavy atom. The summed E-state index contributed by atoms with van der Waals surface area (Å²) in [7, 11) is 3.21. The van der Waals surface area contributed by atoms with Gasteiger partial charge >= 0.3 is 0 Å². The number of aromatic amines is 1. The number of rotatable bonds is 2. The second kappa shape index (κ2) is 5.09. The molecule has 1 aromatic heterocycles. The number of carbonyl (C=O) groups is 1. The maximum Gasteiger partial charge on any atom is 0.247 e. The lowest BCUT2D eigenvalue weighted by atomic mass is 9.69. The van der Waals surface area contributed by atoms with E-state index in [9.17, 15) is 10.1 Å². The fraction of sp³-hybridized carbons (Fsp3) is 0.235. The van der Waals surface area contributed by atoms with Crippen LogP contribution in [0.25, 0.3) is 0 Å². The third-order valence-electron chi connectivity index (χ3n) is 4.71. The van der Waals surface area contributed by atoms with Crippen molar-refractivity contribution in [1.82, 2.24) is 10.2 Å². The number of ether oxygens (including phenoxy) is 2. The molecule has 0 saturated heterocycles. The van der Waals surface area contributed by atoms with Crippen LogP contribution in [0.15, 0.2) is 35.7 Å². The molecular formula is C17H15N5O3. The van der Waals surface area contributed by atoms with Crippen molar-refractivity contribution in [3.8, 4) is 11.9 Å². The molecular weight excluding hydrogens is 322 g/mol. The van der Waals surface area contributed by atoms with Crippen molar-refractivity contribution in [2.24, 2.45) is 5.73 Å². The van der Waals surface area contributed by atoms with E-state index in [0.717, 1.165) is 0 Å². The fourth-order valence-corrected chi connectivity index (χ4v) is 3.72. The van der Waals surface area contributed by atoms with Crippen molar-refractivity contribution in [3.05, 3.63) is 52.5 Å². The molecule has 0 radical (unpaired) electrons. The number of nitrogens with two attached hydrogens (primary N) is 1. The standard InChI is InChI=1S/C17H15N5O3/c1-22-12-6-4-3-5-9(12)17(16(22)23)10(7-18)14(19)25-15-13(17)11(8-24-2)20-21-15/h3-6H,8,19H2,1-2H3,(H,20,21)/t17-/m0/s1. The van der Waals surface area contributed by atoms with Crippen LogP contribution in [0.3, 0.4) is 0 Å². The Morgan fingerprint density at radius 3 is 2.96 bits per heavy atom. The van der Waals surface area contributed by atoms with Crippen LogP contribution in [0.1, 0.15) is 16.8 Å². The number of methoxy groups -OCH3 is 1. The van der Waals surface area contributed by atoms with E-state index < -0.39 is 5.41 Å². The average molecular weight is 337 g/mol. The lowest BCUT2D eigenvalue weighted by molar-refractivity contribution is -0.120. The van der Waals surface area contributed by atoms with Gasteiger partial charge in [0.15, 0.2) is 0 Å². The zero-order chi connectivity index (χ0) is 17.8. The lowest BCUT2D eigenvalue weighted by Crippen LogP contribution is -2.45. The molecule has 4 rings (SSSR count). The van der Waals surface area contributed by atoms with Crippen LogP contribution in [-0.4, -0.2) is 30.3 Å². The number of nitriles is 1. The molecule has 3 N–H and O–H groups in total. The first kappa shape index (κ1) is 15.2. The molecule has 0 saturated carbocycles. The monoisotopic (exact) mass is 337 g/mol. The molecule has 3 heterocycles. The minimum atomic E-state index is -1.39. The SMILES string of the molecule is COCc1[nH]nc2c1[C@@]1(C(=O)N(C)c3ccccc31)C(C#N)=C(N)O2. The summed E-state index contributed by atoms with van der Waals surface area (Å²) in [6.45, 7) is 0.186. The maximum absolute atomic E-state index is 13.4. The van der Waals surface area contributed by atoms with Gasteiger partial charge in [-0.2, -0.15) is 5.26 Å². The van der Waals surface area contributed by atoms with Gasteiger partial charge in [0.25, 0.3) is 0 Å². The van der Waals surface area contributed by atoms with Crippen molar-refractivity contribution in [2.75, 3.05) is 19.1 Å². The van der Waals surface area contributed by atoms with Gasteiger partial charge in [-0.1, -0.05) is 18.2 Å². The Hall–Kier alpha value is -3.31. The van der Waals surface area contributed by atoms with Gasteiger partial charge < -0.3 is 20.1 Å². The summed E-state index contributed by atoms with van der Waals surface area (Å²) in [5, 5.41) is 16.8. The molecule has 0 fully saturated rings. The molecule has 2 aliphatic heterocycles. The van der Waals surface area contributed by atoms with Crippen molar-refractivity contribution < 1.29 is 14.3 Å². The molecule has 0 unspecified atom stereocenters. The van der Waals surface area contributed by atoms with Gasteiger partial charge in [-0.25, -0.2) is 0 Å². The summed E-state index contributed by atoms with van der Waals surface area (Å²) in [5.41, 5.74) is 7.08. The predicted octanol–water partition coefficient (Wildman–Crippen LogP) is 0.905. The van der Waals surface area contributed by atoms with E-state index in [0.29, 0.717) is 22.5 Å². The molecule has 1 atom stereocenters. The van der Waals surface area contributed by atoms with Gasteiger partial charge in [0, 0.05) is 25.4 Å². The van der Waals surface area contributed by atoms with Crippen LogP contribution >= 0.6 is 0 Å². The number of hydrogen-bond acceptors (Lipinski definition) is 6. The number of likely N-dealkylation sites (N-methyl/N-ethyl adjacent to an activating group) is 1. The van der Waals surface area contributed by atoms with Crippen molar-refractivity contribution in [2.45, 2.75) is 12.0 Å². The maximum atomic E-state index is 13.4. The van der Waals surface area contributed by atoms with Gasteiger partial charge in [-0.15, -0.1) is 5.10 Å². The van der Waals surface area contributed by atoms with Gasteiger partial charge in [0.05, 0.1) is 17.9 Å². The second-order valence-corrected chi connectivity index (χ2v) is 5.90. The van der Waals surface area contributed by atoms with E-state index in [1.54, 1.807) is 7.05 Å². The molecule has 8 heteroatoms. The van der Waals surface area contributed by atoms with E-state index in [1.165, 1.54) is 12.0 Å². The molecule has 2 aliphatic rings. The number of nitrogens with zero attached hydrogens (tertiary/aromatic N) is 3. The summed E-state index contributed by atoms with van der Waals surface area (Å²) < 4.78 is 10.7.